The fourth-order valence-corrected chi connectivity index (χ4v) is 1.24. The molecule has 0 nitrogen and oxygen atoms in total. The van der Waals surface area contributed by atoms with Gasteiger partial charge in [-0.2, -0.15) is 0 Å². The maximum absolute atomic E-state index is 2.33. The SMILES string of the molecule is CC1=CCC(C(C)C)C=C1.C[SiH2]C. The summed E-state index contributed by atoms with van der Waals surface area (Å²) in [7, 11) is 0.417. The highest BCUT2D eigenvalue weighted by molar-refractivity contribution is 6.31. The standard InChI is InChI=1S/C10H16.C2H8Si/c1-8(2)10-6-4-9(3)5-7-10;1-3-2/h4-6,8,10H,7H2,1-3H3;3H2,1-2H3. The van der Waals surface area contributed by atoms with Crippen LogP contribution in [-0.2, 0) is 0 Å². The van der Waals surface area contributed by atoms with E-state index in [1.807, 2.05) is 0 Å². The zero-order valence-corrected chi connectivity index (χ0v) is 11.2. The minimum atomic E-state index is 0.417. The summed E-state index contributed by atoms with van der Waals surface area (Å²) in [5.41, 5.74) is 1.41. The molecule has 0 saturated heterocycles. The first-order chi connectivity index (χ1) is 6.11. The molecule has 76 valence electrons. The van der Waals surface area contributed by atoms with Gasteiger partial charge in [0, 0.05) is 9.52 Å². The molecule has 1 unspecified atom stereocenters. The van der Waals surface area contributed by atoms with Crippen LogP contribution in [-0.4, -0.2) is 9.52 Å². The predicted molar refractivity (Wildman–Crippen MR) is 66.1 cm³/mol. The first-order valence-corrected chi connectivity index (χ1v) is 8.29. The summed E-state index contributed by atoms with van der Waals surface area (Å²) < 4.78 is 0. The summed E-state index contributed by atoms with van der Waals surface area (Å²) in [5, 5.41) is 0. The third-order valence-electron chi connectivity index (χ3n) is 2.17. The van der Waals surface area contributed by atoms with E-state index in [0.717, 1.165) is 11.8 Å². The van der Waals surface area contributed by atoms with Gasteiger partial charge in [0.25, 0.3) is 0 Å². The minimum Gasteiger partial charge on any atom is -0.0810 e. The average molecular weight is 196 g/mol. The molecular weight excluding hydrogens is 172 g/mol. The Balaban J connectivity index is 0.000000424. The van der Waals surface area contributed by atoms with Crippen molar-refractivity contribution in [3.63, 3.8) is 0 Å². The van der Waals surface area contributed by atoms with Gasteiger partial charge in [0.05, 0.1) is 0 Å². The Kier molecular flexibility index (Phi) is 6.97. The van der Waals surface area contributed by atoms with E-state index in [-0.39, 0.29) is 0 Å². The fraction of sp³-hybridized carbons (Fsp3) is 0.667. The zero-order valence-electron chi connectivity index (χ0n) is 9.80. The Labute approximate surface area is 85.9 Å². The number of allylic oxidation sites excluding steroid dienone is 4. The molecule has 1 aliphatic rings. The van der Waals surface area contributed by atoms with Crippen molar-refractivity contribution in [2.45, 2.75) is 40.3 Å². The van der Waals surface area contributed by atoms with Crippen molar-refractivity contribution in [2.75, 3.05) is 0 Å². The molecule has 0 amide bonds. The van der Waals surface area contributed by atoms with E-state index in [1.54, 1.807) is 0 Å². The summed E-state index contributed by atoms with van der Waals surface area (Å²) in [6, 6.07) is 0. The molecule has 0 aliphatic heterocycles. The molecule has 0 heterocycles. The van der Waals surface area contributed by atoms with Crippen molar-refractivity contribution in [1.82, 2.24) is 0 Å². The van der Waals surface area contributed by atoms with E-state index < -0.39 is 0 Å². The summed E-state index contributed by atoms with van der Waals surface area (Å²) in [4.78, 5) is 0. The van der Waals surface area contributed by atoms with Crippen LogP contribution in [0.3, 0.4) is 0 Å². The van der Waals surface area contributed by atoms with Crippen molar-refractivity contribution in [1.29, 1.82) is 0 Å². The van der Waals surface area contributed by atoms with Gasteiger partial charge in [0.2, 0.25) is 0 Å². The van der Waals surface area contributed by atoms with Crippen LogP contribution in [0.4, 0.5) is 0 Å². The lowest BCUT2D eigenvalue weighted by molar-refractivity contribution is 0.466. The Bertz CT molecular complexity index is 178. The maximum Gasteiger partial charge on any atom is 0.0135 e. The summed E-state index contributed by atoms with van der Waals surface area (Å²) in [5.74, 6) is 1.57. The van der Waals surface area contributed by atoms with Crippen LogP contribution in [0.2, 0.25) is 13.1 Å². The Hall–Kier alpha value is -0.303. The molecule has 1 heteroatoms. The molecule has 13 heavy (non-hydrogen) atoms. The van der Waals surface area contributed by atoms with Crippen molar-refractivity contribution >= 4 is 9.52 Å². The molecule has 0 spiro atoms. The second-order valence-corrected chi connectivity index (χ2v) is 5.57. The molecule has 0 aromatic rings. The van der Waals surface area contributed by atoms with Crippen LogP contribution >= 0.6 is 0 Å². The predicted octanol–water partition coefficient (Wildman–Crippen LogP) is 3.42. The molecule has 0 fully saturated rings. The van der Waals surface area contributed by atoms with Gasteiger partial charge in [0.15, 0.2) is 0 Å². The quantitative estimate of drug-likeness (QED) is 0.564. The lowest BCUT2D eigenvalue weighted by Crippen LogP contribution is -2.06. The molecule has 0 aromatic carbocycles. The molecule has 0 radical (unpaired) electrons. The summed E-state index contributed by atoms with van der Waals surface area (Å²) in [6.45, 7) is 11.3. The Morgan fingerprint density at radius 3 is 2.23 bits per heavy atom. The van der Waals surface area contributed by atoms with E-state index in [1.165, 1.54) is 12.0 Å². The molecule has 0 N–H and O–H groups in total. The van der Waals surface area contributed by atoms with E-state index in [9.17, 15) is 0 Å². The summed E-state index contributed by atoms with van der Waals surface area (Å²) >= 11 is 0. The molecule has 0 aromatic heterocycles. The fourth-order valence-electron chi connectivity index (χ4n) is 1.24. The van der Waals surface area contributed by atoms with Gasteiger partial charge in [-0.15, -0.1) is 0 Å². The maximum atomic E-state index is 2.33. The average Bonchev–Trinajstić information content (AvgIpc) is 2.06. The highest BCUT2D eigenvalue weighted by atomic mass is 28.2. The molecule has 0 saturated carbocycles. The lowest BCUT2D eigenvalue weighted by atomic mass is 9.88. The molecule has 1 atom stereocenters. The highest BCUT2D eigenvalue weighted by Gasteiger charge is 2.10. The normalized spacial score (nSPS) is 20.8. The molecule has 0 bridgehead atoms. The van der Waals surface area contributed by atoms with Crippen LogP contribution < -0.4 is 0 Å². The van der Waals surface area contributed by atoms with Gasteiger partial charge in [-0.05, 0) is 25.2 Å². The van der Waals surface area contributed by atoms with Crippen molar-refractivity contribution in [3.05, 3.63) is 23.8 Å². The zero-order chi connectivity index (χ0) is 10.3. The highest BCUT2D eigenvalue weighted by Crippen LogP contribution is 2.22. The van der Waals surface area contributed by atoms with Crippen LogP contribution in [0.1, 0.15) is 27.2 Å². The van der Waals surface area contributed by atoms with Crippen LogP contribution in [0.25, 0.3) is 0 Å². The lowest BCUT2D eigenvalue weighted by Gasteiger charge is -2.17. The number of rotatable bonds is 1. The second-order valence-electron chi connectivity index (χ2n) is 4.16. The van der Waals surface area contributed by atoms with E-state index in [0.29, 0.717) is 9.52 Å². The monoisotopic (exact) mass is 196 g/mol. The first kappa shape index (κ1) is 12.7. The first-order valence-electron chi connectivity index (χ1n) is 5.46. The van der Waals surface area contributed by atoms with Crippen LogP contribution in [0.15, 0.2) is 23.8 Å². The van der Waals surface area contributed by atoms with E-state index >= 15 is 0 Å². The minimum absolute atomic E-state index is 0.417. The summed E-state index contributed by atoms with van der Waals surface area (Å²) in [6.07, 6.45) is 8.12. The topological polar surface area (TPSA) is 0 Å². The Morgan fingerprint density at radius 2 is 1.92 bits per heavy atom. The van der Waals surface area contributed by atoms with E-state index in [4.69, 9.17) is 0 Å². The van der Waals surface area contributed by atoms with Crippen LogP contribution in [0, 0.1) is 11.8 Å². The number of hydrogen-bond acceptors (Lipinski definition) is 0. The Morgan fingerprint density at radius 1 is 1.38 bits per heavy atom. The van der Waals surface area contributed by atoms with Crippen molar-refractivity contribution in [3.8, 4) is 0 Å². The van der Waals surface area contributed by atoms with Gasteiger partial charge >= 0.3 is 0 Å². The largest absolute Gasteiger partial charge is 0.0810 e. The van der Waals surface area contributed by atoms with Crippen LogP contribution in [0.5, 0.6) is 0 Å². The van der Waals surface area contributed by atoms with Gasteiger partial charge in [-0.3, -0.25) is 0 Å². The molecule has 1 rings (SSSR count). The smallest absolute Gasteiger partial charge is 0.0135 e. The molecular formula is C12H24Si. The van der Waals surface area contributed by atoms with Gasteiger partial charge in [0.1, 0.15) is 0 Å². The van der Waals surface area contributed by atoms with Crippen molar-refractivity contribution < 1.29 is 0 Å². The number of hydrogen-bond donors (Lipinski definition) is 0. The van der Waals surface area contributed by atoms with E-state index in [2.05, 4.69) is 52.1 Å². The van der Waals surface area contributed by atoms with Gasteiger partial charge < -0.3 is 0 Å². The second kappa shape index (κ2) is 7.13. The third-order valence-corrected chi connectivity index (χ3v) is 2.17. The third kappa shape index (κ3) is 5.86. The molecule has 1 aliphatic carbocycles. The van der Waals surface area contributed by atoms with Gasteiger partial charge in [-0.1, -0.05) is 50.7 Å². The van der Waals surface area contributed by atoms with Crippen molar-refractivity contribution in [2.24, 2.45) is 11.8 Å². The van der Waals surface area contributed by atoms with Gasteiger partial charge in [-0.25, -0.2) is 0 Å².